The average molecular weight is 516 g/mol. The van der Waals surface area contributed by atoms with E-state index in [4.69, 9.17) is 14.9 Å². The molecular formula is C24H33N7O4S. The molecular weight excluding hydrogens is 482 g/mol. The molecule has 3 heterocycles. The maximum atomic E-state index is 12.6. The highest BCUT2D eigenvalue weighted by Crippen LogP contribution is 2.48. The zero-order valence-corrected chi connectivity index (χ0v) is 22.4. The molecule has 1 saturated carbocycles. The lowest BCUT2D eigenvalue weighted by atomic mass is 9.74. The van der Waals surface area contributed by atoms with Crippen molar-refractivity contribution in [2.24, 2.45) is 11.1 Å². The maximum absolute atomic E-state index is 12.6. The number of aromatic nitrogens is 4. The average Bonchev–Trinajstić information content (AvgIpc) is 3.45. The van der Waals surface area contributed by atoms with Crippen molar-refractivity contribution in [2.45, 2.75) is 76.8 Å². The minimum Gasteiger partial charge on any atom is -0.444 e. The van der Waals surface area contributed by atoms with Crippen molar-refractivity contribution in [3.63, 3.8) is 0 Å². The van der Waals surface area contributed by atoms with Crippen molar-refractivity contribution in [2.75, 3.05) is 11.6 Å². The lowest BCUT2D eigenvalue weighted by Gasteiger charge is -2.42. The van der Waals surface area contributed by atoms with Crippen LogP contribution in [0.4, 0.5) is 10.5 Å². The van der Waals surface area contributed by atoms with E-state index in [2.05, 4.69) is 39.8 Å². The van der Waals surface area contributed by atoms with Crippen molar-refractivity contribution >= 4 is 35.0 Å². The first-order valence-electron chi connectivity index (χ1n) is 11.7. The van der Waals surface area contributed by atoms with Gasteiger partial charge >= 0.3 is 6.09 Å². The Morgan fingerprint density at radius 2 is 2.00 bits per heavy atom. The van der Waals surface area contributed by atoms with Gasteiger partial charge in [0.1, 0.15) is 5.60 Å². The van der Waals surface area contributed by atoms with Crippen LogP contribution in [-0.4, -0.2) is 55.2 Å². The summed E-state index contributed by atoms with van der Waals surface area (Å²) in [6, 6.07) is 1.74. The Morgan fingerprint density at radius 3 is 2.61 bits per heavy atom. The number of nitrogens with two attached hydrogens (primary N) is 1. The van der Waals surface area contributed by atoms with Gasteiger partial charge in [-0.2, -0.15) is 5.10 Å². The molecule has 3 aromatic rings. The number of anilines is 1. The summed E-state index contributed by atoms with van der Waals surface area (Å²) in [6.45, 7) is 11.7. The summed E-state index contributed by atoms with van der Waals surface area (Å²) in [5.41, 5.74) is 6.32. The minimum atomic E-state index is -0.596. The summed E-state index contributed by atoms with van der Waals surface area (Å²) in [6.07, 6.45) is 6.07. The minimum absolute atomic E-state index is 0.0911. The summed E-state index contributed by atoms with van der Waals surface area (Å²) in [5, 5.41) is 19.5. The predicted octanol–water partition coefficient (Wildman–Crippen LogP) is 4.09. The van der Waals surface area contributed by atoms with E-state index in [9.17, 15) is 9.59 Å². The molecule has 1 aliphatic rings. The van der Waals surface area contributed by atoms with Gasteiger partial charge in [-0.05, 0) is 52.9 Å². The fourth-order valence-corrected chi connectivity index (χ4v) is 4.89. The van der Waals surface area contributed by atoms with E-state index in [1.807, 2.05) is 40.0 Å². The van der Waals surface area contributed by atoms with Gasteiger partial charge in [0.15, 0.2) is 0 Å². The van der Waals surface area contributed by atoms with Crippen LogP contribution in [0.3, 0.4) is 0 Å². The van der Waals surface area contributed by atoms with Crippen molar-refractivity contribution < 1.29 is 18.7 Å². The number of carbonyl (C=O) groups is 2. The molecule has 0 spiro atoms. The molecule has 11 nitrogen and oxygen atoms in total. The Kier molecular flexibility index (Phi) is 6.44. The van der Waals surface area contributed by atoms with E-state index in [-0.39, 0.29) is 11.6 Å². The molecule has 12 heteroatoms. The summed E-state index contributed by atoms with van der Waals surface area (Å²) in [4.78, 5) is 24.9. The third-order valence-electron chi connectivity index (χ3n) is 7.05. The van der Waals surface area contributed by atoms with E-state index < -0.39 is 28.6 Å². The summed E-state index contributed by atoms with van der Waals surface area (Å²) >= 11 is 1.35. The molecule has 1 fully saturated rings. The van der Waals surface area contributed by atoms with Gasteiger partial charge in [-0.3, -0.25) is 4.79 Å². The normalized spacial score (nSPS) is 21.5. The molecule has 1 aliphatic carbocycles. The Morgan fingerprint density at radius 1 is 1.28 bits per heavy atom. The number of hydrogen-bond donors (Lipinski definition) is 3. The number of fused-ring (bicyclic) bond motifs is 1. The highest BCUT2D eigenvalue weighted by Gasteiger charge is 2.53. The van der Waals surface area contributed by atoms with Crippen molar-refractivity contribution in [3.8, 4) is 11.5 Å². The van der Waals surface area contributed by atoms with E-state index in [0.717, 1.165) is 12.8 Å². The summed E-state index contributed by atoms with van der Waals surface area (Å²) in [7, 11) is 0. The lowest BCUT2D eigenvalue weighted by Crippen LogP contribution is -2.57. The molecule has 4 rings (SSSR count). The van der Waals surface area contributed by atoms with Crippen molar-refractivity contribution in [1.29, 1.82) is 0 Å². The molecule has 0 aromatic carbocycles. The van der Waals surface area contributed by atoms with Crippen LogP contribution in [0.25, 0.3) is 17.0 Å². The lowest BCUT2D eigenvalue weighted by molar-refractivity contribution is 0.0382. The van der Waals surface area contributed by atoms with E-state index in [1.165, 1.54) is 18.0 Å². The zero-order valence-electron chi connectivity index (χ0n) is 21.6. The summed E-state index contributed by atoms with van der Waals surface area (Å²) < 4.78 is 12.8. The predicted molar refractivity (Wildman–Crippen MR) is 137 cm³/mol. The SMILES string of the molecule is CSc1nnc(-c2cc3c(N[C@@H]4CC[C@](C)(NC(=O)OC(C)(C)C)C4(C)C)c(C(N)=O)cnn3c2)o1. The highest BCUT2D eigenvalue weighted by atomic mass is 32.2. The number of primary amides is 1. The van der Waals surface area contributed by atoms with Crippen LogP contribution < -0.4 is 16.4 Å². The van der Waals surface area contributed by atoms with Crippen molar-refractivity contribution in [3.05, 3.63) is 24.0 Å². The van der Waals surface area contributed by atoms with Crippen LogP contribution in [0.15, 0.2) is 28.1 Å². The Balaban J connectivity index is 1.67. The second kappa shape index (κ2) is 8.99. The van der Waals surface area contributed by atoms with Crippen LogP contribution >= 0.6 is 11.8 Å². The van der Waals surface area contributed by atoms with E-state index in [1.54, 1.807) is 10.7 Å². The topological polar surface area (TPSA) is 150 Å². The second-order valence-corrected chi connectivity index (χ2v) is 11.6. The van der Waals surface area contributed by atoms with Crippen LogP contribution in [0.2, 0.25) is 0 Å². The maximum Gasteiger partial charge on any atom is 0.408 e. The Labute approximate surface area is 213 Å². The first-order valence-corrected chi connectivity index (χ1v) is 12.9. The van der Waals surface area contributed by atoms with Gasteiger partial charge in [-0.15, -0.1) is 10.2 Å². The van der Waals surface area contributed by atoms with Crippen LogP contribution in [0, 0.1) is 5.41 Å². The first-order chi connectivity index (χ1) is 16.7. The number of hydrogen-bond acceptors (Lipinski definition) is 9. The monoisotopic (exact) mass is 515 g/mol. The standard InChI is InChI=1S/C24H33N7O4S/c1-22(2,3)35-20(33)28-24(6)9-8-16(23(24,4)5)27-17-14(18(25)32)11-26-31-12-13(10-15(17)31)19-29-30-21(34-19)36-7/h10-12,16,27H,8-9H2,1-7H3,(H2,25,32)(H,28,33)/t16-,24+/m1/s1. The third-order valence-corrected chi connectivity index (χ3v) is 7.57. The van der Waals surface area contributed by atoms with Crippen LogP contribution in [-0.2, 0) is 4.74 Å². The van der Waals surface area contributed by atoms with Gasteiger partial charge < -0.3 is 25.5 Å². The second-order valence-electron chi connectivity index (χ2n) is 10.8. The van der Waals surface area contributed by atoms with Gasteiger partial charge in [0.25, 0.3) is 11.1 Å². The van der Waals surface area contributed by atoms with E-state index >= 15 is 0 Å². The smallest absolute Gasteiger partial charge is 0.408 e. The Hall–Kier alpha value is -3.28. The molecule has 2 atom stereocenters. The number of thioether (sulfide) groups is 1. The summed E-state index contributed by atoms with van der Waals surface area (Å²) in [5.74, 6) is -0.241. The van der Waals surface area contributed by atoms with Gasteiger partial charge in [-0.1, -0.05) is 25.6 Å². The fraction of sp³-hybridized carbons (Fsp3) is 0.542. The number of alkyl carbamates (subject to hydrolysis) is 1. The quantitative estimate of drug-likeness (QED) is 0.412. The van der Waals surface area contributed by atoms with Gasteiger partial charge in [0.2, 0.25) is 5.89 Å². The van der Waals surface area contributed by atoms with Gasteiger partial charge in [-0.25, -0.2) is 9.31 Å². The molecule has 4 N–H and O–H groups in total. The molecule has 0 unspecified atom stereocenters. The van der Waals surface area contributed by atoms with E-state index in [0.29, 0.717) is 27.9 Å². The number of amides is 2. The molecule has 2 amide bonds. The number of carbonyl (C=O) groups excluding carboxylic acids is 2. The number of rotatable bonds is 6. The number of nitrogens with one attached hydrogen (secondary N) is 2. The Bertz CT molecular complexity index is 1310. The highest BCUT2D eigenvalue weighted by molar-refractivity contribution is 7.98. The molecule has 3 aromatic heterocycles. The third kappa shape index (κ3) is 4.73. The number of nitrogens with zero attached hydrogens (tertiary/aromatic N) is 4. The first kappa shape index (κ1) is 25.8. The number of ether oxygens (including phenoxy) is 1. The molecule has 194 valence electrons. The van der Waals surface area contributed by atoms with Crippen LogP contribution in [0.1, 0.15) is 64.7 Å². The molecule has 0 bridgehead atoms. The molecule has 0 radical (unpaired) electrons. The fourth-order valence-electron chi connectivity index (χ4n) is 4.60. The molecule has 0 aliphatic heterocycles. The zero-order chi connectivity index (χ0) is 26.5. The van der Waals surface area contributed by atoms with Crippen molar-refractivity contribution in [1.82, 2.24) is 25.1 Å². The molecule has 0 saturated heterocycles. The molecule has 36 heavy (non-hydrogen) atoms. The largest absolute Gasteiger partial charge is 0.444 e. The van der Waals surface area contributed by atoms with Crippen LogP contribution in [0.5, 0.6) is 0 Å². The van der Waals surface area contributed by atoms with Gasteiger partial charge in [0, 0.05) is 23.2 Å². The van der Waals surface area contributed by atoms with Gasteiger partial charge in [0.05, 0.1) is 28.5 Å².